The van der Waals surface area contributed by atoms with Crippen molar-refractivity contribution in [1.29, 1.82) is 0 Å². The molecule has 8 heteroatoms. The number of benzene rings is 1. The molecule has 2 aromatic heterocycles. The van der Waals surface area contributed by atoms with Crippen LogP contribution in [0.5, 0.6) is 0 Å². The summed E-state index contributed by atoms with van der Waals surface area (Å²) in [5.74, 6) is 0. The molecule has 0 unspecified atom stereocenters. The van der Waals surface area contributed by atoms with Gasteiger partial charge in [0.25, 0.3) is 0 Å². The molecule has 1 aliphatic heterocycles. The molecule has 1 aromatic carbocycles. The Bertz CT molecular complexity index is 1020. The Morgan fingerprint density at radius 3 is 2.26 bits per heavy atom. The molecule has 0 amide bonds. The smallest absolute Gasteiger partial charge is 0.193 e. The first-order chi connectivity index (χ1) is 16.9. The normalized spacial score (nSPS) is 13.0. The molecule has 3 aromatic rings. The minimum Gasteiger partial charge on any atom is -0.379 e. The molecule has 3 heterocycles. The second-order valence-corrected chi connectivity index (χ2v) is 9.24. The van der Waals surface area contributed by atoms with Gasteiger partial charge in [-0.2, -0.15) is 0 Å². The molecule has 0 atom stereocenters. The summed E-state index contributed by atoms with van der Waals surface area (Å²) < 4.78 is 5.34. The maximum Gasteiger partial charge on any atom is 0.193 e. The Morgan fingerprint density at radius 1 is 1.11 bits per heavy atom. The van der Waals surface area contributed by atoms with Gasteiger partial charge in [0.05, 0.1) is 18.6 Å². The molecule has 3 N–H and O–H groups in total. The molecule has 7 nitrogen and oxygen atoms in total. The van der Waals surface area contributed by atoms with Gasteiger partial charge < -0.3 is 25.1 Å². The molecule has 4 rings (SSSR count). The number of carbonyl (C=O) groups excluding carboxylic acids is 1. The predicted molar refractivity (Wildman–Crippen MR) is 149 cm³/mol. The van der Waals surface area contributed by atoms with Crippen molar-refractivity contribution in [3.63, 3.8) is 0 Å². The number of pyridine rings is 1. The number of ether oxygens (including phenoxy) is 1. The van der Waals surface area contributed by atoms with E-state index in [-0.39, 0.29) is 5.43 Å². The highest BCUT2D eigenvalue weighted by molar-refractivity contribution is 7.18. The zero-order valence-electron chi connectivity index (χ0n) is 22.1. The van der Waals surface area contributed by atoms with Crippen LogP contribution in [0.2, 0.25) is 0 Å². The van der Waals surface area contributed by atoms with E-state index in [0.717, 1.165) is 68.0 Å². The number of nitrogens with zero attached hydrogens (tertiary/aromatic N) is 1. The second-order valence-electron chi connectivity index (χ2n) is 8.10. The summed E-state index contributed by atoms with van der Waals surface area (Å²) in [4.78, 5) is 28.6. The lowest BCUT2D eigenvalue weighted by molar-refractivity contribution is -0.106. The average Bonchev–Trinajstić information content (AvgIpc) is 3.28. The first-order valence-corrected chi connectivity index (χ1v) is 12.9. The standard InChI is InChI=1S/C13H16N2O2S.C9H13N.C3H9N.C2H4O/c1-9-7-14-13-11(12(9)16)6-10(18-13)8-15-2-4-17-5-3-15;1-8-3-5-9(6-4-8)7-10-2;1-3-4-2;1-2-3/h6-7H,2-5,8H2,1H3,(H,14,16);3-6,10H,7H2,1-2H3;4H,3H2,1-2H3;2H,1H3. The van der Waals surface area contributed by atoms with Crippen LogP contribution in [0.15, 0.2) is 41.3 Å². The third-order valence-corrected chi connectivity index (χ3v) is 6.19. The molecule has 0 bridgehead atoms. The van der Waals surface area contributed by atoms with Gasteiger partial charge in [-0.25, -0.2) is 0 Å². The minimum atomic E-state index is 0.147. The van der Waals surface area contributed by atoms with Crippen LogP contribution >= 0.6 is 11.3 Å². The Kier molecular flexibility index (Phi) is 15.8. The van der Waals surface area contributed by atoms with Crippen molar-refractivity contribution < 1.29 is 9.53 Å². The predicted octanol–water partition coefficient (Wildman–Crippen LogP) is 3.88. The number of aldehydes is 1. The van der Waals surface area contributed by atoms with E-state index in [1.165, 1.54) is 22.9 Å². The molecule has 0 spiro atoms. The van der Waals surface area contributed by atoms with E-state index in [4.69, 9.17) is 9.53 Å². The summed E-state index contributed by atoms with van der Waals surface area (Å²) in [7, 11) is 3.89. The highest BCUT2D eigenvalue weighted by Crippen LogP contribution is 2.23. The number of morpholine rings is 1. The largest absolute Gasteiger partial charge is 0.379 e. The lowest BCUT2D eigenvalue weighted by atomic mass is 10.1. The number of fused-ring (bicyclic) bond motifs is 1. The molecule has 1 fully saturated rings. The van der Waals surface area contributed by atoms with Crippen molar-refractivity contribution in [2.75, 3.05) is 46.9 Å². The molecule has 1 aliphatic rings. The van der Waals surface area contributed by atoms with Gasteiger partial charge >= 0.3 is 0 Å². The maximum absolute atomic E-state index is 12.0. The number of hydrogen-bond donors (Lipinski definition) is 3. The van der Waals surface area contributed by atoms with Gasteiger partial charge in [-0.15, -0.1) is 11.3 Å². The molecule has 35 heavy (non-hydrogen) atoms. The van der Waals surface area contributed by atoms with E-state index in [2.05, 4.69) is 58.6 Å². The Labute approximate surface area is 213 Å². The van der Waals surface area contributed by atoms with Crippen LogP contribution in [0.3, 0.4) is 0 Å². The fourth-order valence-corrected chi connectivity index (χ4v) is 4.20. The van der Waals surface area contributed by atoms with Gasteiger partial charge in [-0.05, 0) is 53.0 Å². The number of aryl methyl sites for hydroxylation is 2. The summed E-state index contributed by atoms with van der Waals surface area (Å²) >= 11 is 1.68. The van der Waals surface area contributed by atoms with Crippen molar-refractivity contribution in [3.8, 4) is 0 Å². The molecule has 1 saturated heterocycles. The van der Waals surface area contributed by atoms with Crippen LogP contribution < -0.4 is 16.1 Å². The molecule has 194 valence electrons. The van der Waals surface area contributed by atoms with E-state index in [1.807, 2.05) is 27.1 Å². The van der Waals surface area contributed by atoms with Crippen LogP contribution in [0.1, 0.15) is 35.4 Å². The summed E-state index contributed by atoms with van der Waals surface area (Å²) in [6.07, 6.45) is 2.54. The number of thiophene rings is 1. The zero-order valence-corrected chi connectivity index (χ0v) is 22.9. The summed E-state index contributed by atoms with van der Waals surface area (Å²) in [5.41, 5.74) is 3.58. The number of hydrogen-bond acceptors (Lipinski definition) is 7. The van der Waals surface area contributed by atoms with Crippen molar-refractivity contribution in [2.45, 2.75) is 40.8 Å². The van der Waals surface area contributed by atoms with Gasteiger partial charge in [0.2, 0.25) is 0 Å². The van der Waals surface area contributed by atoms with Crippen LogP contribution in [0.4, 0.5) is 0 Å². The maximum atomic E-state index is 12.0. The third kappa shape index (κ3) is 11.7. The first-order valence-electron chi connectivity index (χ1n) is 12.0. The van der Waals surface area contributed by atoms with Crippen molar-refractivity contribution >= 4 is 27.8 Å². The van der Waals surface area contributed by atoms with Crippen molar-refractivity contribution in [1.82, 2.24) is 20.5 Å². The number of rotatable bonds is 5. The van der Waals surface area contributed by atoms with Gasteiger partial charge in [0, 0.05) is 42.8 Å². The Morgan fingerprint density at radius 2 is 1.71 bits per heavy atom. The topological polar surface area (TPSA) is 86.5 Å². The lowest BCUT2D eigenvalue weighted by Gasteiger charge is -2.25. The highest BCUT2D eigenvalue weighted by Gasteiger charge is 2.13. The fraction of sp³-hybridized carbons (Fsp3) is 0.481. The molecule has 0 aliphatic carbocycles. The van der Waals surface area contributed by atoms with Gasteiger partial charge in [-0.1, -0.05) is 36.8 Å². The lowest BCUT2D eigenvalue weighted by Crippen LogP contribution is -2.35. The summed E-state index contributed by atoms with van der Waals surface area (Å²) in [5, 5.41) is 6.86. The van der Waals surface area contributed by atoms with E-state index in [9.17, 15) is 4.79 Å². The number of aromatic nitrogens is 1. The fourth-order valence-electron chi connectivity index (χ4n) is 3.14. The van der Waals surface area contributed by atoms with E-state index >= 15 is 0 Å². The van der Waals surface area contributed by atoms with E-state index < -0.39 is 0 Å². The zero-order chi connectivity index (χ0) is 26.1. The SMILES string of the molecule is CC=O.CCNC.CNCc1ccc(C)cc1.Cc1c[nH]c2sc(CN3CCOCC3)cc2c1=O. The van der Waals surface area contributed by atoms with Gasteiger partial charge in [0.15, 0.2) is 5.43 Å². The number of H-pyrrole nitrogens is 1. The molecule has 0 radical (unpaired) electrons. The monoisotopic (exact) mass is 502 g/mol. The molecule has 0 saturated carbocycles. The van der Waals surface area contributed by atoms with Gasteiger partial charge in [0.1, 0.15) is 11.1 Å². The van der Waals surface area contributed by atoms with E-state index in [0.29, 0.717) is 0 Å². The Hall–Kier alpha value is -2.36. The quantitative estimate of drug-likeness (QED) is 0.459. The van der Waals surface area contributed by atoms with Crippen LogP contribution in [-0.2, 0) is 22.6 Å². The molecular formula is C27H42N4O3S. The van der Waals surface area contributed by atoms with Crippen molar-refractivity contribution in [2.24, 2.45) is 0 Å². The molecular weight excluding hydrogens is 460 g/mol. The third-order valence-electron chi connectivity index (χ3n) is 5.14. The number of aromatic amines is 1. The van der Waals surface area contributed by atoms with Crippen LogP contribution in [0.25, 0.3) is 10.2 Å². The first kappa shape index (κ1) is 30.7. The summed E-state index contributed by atoms with van der Waals surface area (Å²) in [6, 6.07) is 10.6. The second kappa shape index (κ2) is 18.0. The van der Waals surface area contributed by atoms with E-state index in [1.54, 1.807) is 17.5 Å². The number of carbonyl (C=O) groups is 1. The number of nitrogens with one attached hydrogen (secondary N) is 3. The minimum absolute atomic E-state index is 0.147. The average molecular weight is 503 g/mol. The van der Waals surface area contributed by atoms with Crippen molar-refractivity contribution in [3.05, 3.63) is 68.3 Å². The Balaban J connectivity index is 0.000000304. The van der Waals surface area contributed by atoms with Crippen LogP contribution in [0, 0.1) is 13.8 Å². The highest BCUT2D eigenvalue weighted by atomic mass is 32.1. The van der Waals surface area contributed by atoms with Gasteiger partial charge in [-0.3, -0.25) is 9.69 Å². The summed E-state index contributed by atoms with van der Waals surface area (Å²) in [6.45, 7) is 14.0. The van der Waals surface area contributed by atoms with Crippen LogP contribution in [-0.4, -0.2) is 63.1 Å².